The second kappa shape index (κ2) is 9.11. The first-order valence-electron chi connectivity index (χ1n) is 10.4. The number of carbonyl (C=O) groups is 1. The van der Waals surface area contributed by atoms with E-state index in [2.05, 4.69) is 15.2 Å². The summed E-state index contributed by atoms with van der Waals surface area (Å²) in [6.07, 6.45) is 0. The van der Waals surface area contributed by atoms with E-state index in [0.717, 1.165) is 11.1 Å². The molecule has 0 aliphatic carbocycles. The topological polar surface area (TPSA) is 101 Å². The van der Waals surface area contributed by atoms with Crippen LogP contribution >= 0.6 is 0 Å². The summed E-state index contributed by atoms with van der Waals surface area (Å²) in [5.74, 6) is -0.590. The van der Waals surface area contributed by atoms with E-state index in [0.29, 0.717) is 22.7 Å². The molecular formula is C25H22FN3O4S. The molecule has 4 aromatic rings. The first-order chi connectivity index (χ1) is 16.2. The van der Waals surface area contributed by atoms with Crippen LogP contribution in [0.4, 0.5) is 15.8 Å². The van der Waals surface area contributed by atoms with Gasteiger partial charge < -0.3 is 9.84 Å². The predicted octanol–water partition coefficient (Wildman–Crippen LogP) is 5.46. The van der Waals surface area contributed by atoms with Crippen LogP contribution in [0.3, 0.4) is 0 Å². The molecule has 0 atom stereocenters. The average molecular weight is 480 g/mol. The lowest BCUT2D eigenvalue weighted by Crippen LogP contribution is -2.16. The van der Waals surface area contributed by atoms with Crippen LogP contribution in [0.25, 0.3) is 11.3 Å². The predicted molar refractivity (Wildman–Crippen MR) is 128 cm³/mol. The van der Waals surface area contributed by atoms with Crippen LogP contribution in [-0.4, -0.2) is 19.5 Å². The van der Waals surface area contributed by atoms with Crippen molar-refractivity contribution in [3.63, 3.8) is 0 Å². The third-order valence-corrected chi connectivity index (χ3v) is 6.71. The van der Waals surface area contributed by atoms with Crippen molar-refractivity contribution in [3.8, 4) is 11.3 Å². The fraction of sp³-hybridized carbons (Fsp3) is 0.120. The van der Waals surface area contributed by atoms with Crippen molar-refractivity contribution in [1.82, 2.24) is 5.16 Å². The van der Waals surface area contributed by atoms with Gasteiger partial charge in [0.25, 0.3) is 15.9 Å². The van der Waals surface area contributed by atoms with Crippen molar-refractivity contribution in [2.45, 2.75) is 25.7 Å². The Hall–Kier alpha value is -3.98. The molecule has 0 saturated carbocycles. The van der Waals surface area contributed by atoms with Gasteiger partial charge in [-0.1, -0.05) is 23.4 Å². The van der Waals surface area contributed by atoms with Gasteiger partial charge in [-0.3, -0.25) is 9.52 Å². The van der Waals surface area contributed by atoms with Gasteiger partial charge in [-0.25, -0.2) is 12.8 Å². The van der Waals surface area contributed by atoms with Gasteiger partial charge in [0, 0.05) is 11.3 Å². The summed E-state index contributed by atoms with van der Waals surface area (Å²) in [6, 6.07) is 16.9. The molecule has 1 amide bonds. The van der Waals surface area contributed by atoms with Crippen LogP contribution in [-0.2, 0) is 10.0 Å². The number of para-hydroxylation sites is 1. The number of halogens is 1. The van der Waals surface area contributed by atoms with Gasteiger partial charge in [0.05, 0.1) is 10.6 Å². The maximum absolute atomic E-state index is 13.3. The Bertz CT molecular complexity index is 1440. The van der Waals surface area contributed by atoms with Crippen LogP contribution in [0, 0.1) is 26.6 Å². The monoisotopic (exact) mass is 479 g/mol. The van der Waals surface area contributed by atoms with Gasteiger partial charge in [-0.2, -0.15) is 0 Å². The number of rotatable bonds is 6. The van der Waals surface area contributed by atoms with Crippen molar-refractivity contribution in [3.05, 3.63) is 95.0 Å². The summed E-state index contributed by atoms with van der Waals surface area (Å²) >= 11 is 0. The second-order valence-electron chi connectivity index (χ2n) is 7.82. The molecule has 0 unspecified atom stereocenters. The zero-order chi connectivity index (χ0) is 24.5. The van der Waals surface area contributed by atoms with Crippen molar-refractivity contribution >= 4 is 27.3 Å². The minimum atomic E-state index is -3.82. The first-order valence-corrected chi connectivity index (χ1v) is 11.9. The highest BCUT2D eigenvalue weighted by Gasteiger charge is 2.22. The SMILES string of the molecule is Cc1cccc(C)c1NS(=O)(=O)c1ccc(NC(=O)c2c(-c3ccc(F)cc3)noc2C)cc1. The lowest BCUT2D eigenvalue weighted by Gasteiger charge is -2.13. The number of hydrogen-bond donors (Lipinski definition) is 2. The number of aryl methyl sites for hydroxylation is 3. The standard InChI is InChI=1S/C25H22FN3O4S/c1-15-5-4-6-16(2)23(15)29-34(31,32)21-13-11-20(12-14-21)27-25(30)22-17(3)33-28-24(22)18-7-9-19(26)10-8-18/h4-14,29H,1-3H3,(H,27,30). The Labute approximate surface area is 196 Å². The number of aromatic nitrogens is 1. The molecule has 3 aromatic carbocycles. The average Bonchev–Trinajstić information content (AvgIpc) is 3.19. The van der Waals surface area contributed by atoms with Crippen LogP contribution in [0.15, 0.2) is 76.1 Å². The molecule has 0 bridgehead atoms. The Morgan fingerprint density at radius 3 is 2.15 bits per heavy atom. The third kappa shape index (κ3) is 4.69. The third-order valence-electron chi connectivity index (χ3n) is 5.35. The summed E-state index contributed by atoms with van der Waals surface area (Å²) in [5, 5.41) is 6.66. The van der Waals surface area contributed by atoms with Gasteiger partial charge in [0.15, 0.2) is 0 Å². The Balaban J connectivity index is 1.54. The fourth-order valence-electron chi connectivity index (χ4n) is 3.52. The van der Waals surface area contributed by atoms with Crippen molar-refractivity contribution in [2.24, 2.45) is 0 Å². The Kier molecular flexibility index (Phi) is 6.21. The zero-order valence-electron chi connectivity index (χ0n) is 18.7. The molecule has 0 aliphatic heterocycles. The summed E-state index contributed by atoms with van der Waals surface area (Å²) in [6.45, 7) is 5.26. The smallest absolute Gasteiger partial charge is 0.261 e. The highest BCUT2D eigenvalue weighted by molar-refractivity contribution is 7.92. The summed E-state index contributed by atoms with van der Waals surface area (Å²) < 4.78 is 46.8. The van der Waals surface area contributed by atoms with Crippen molar-refractivity contribution in [2.75, 3.05) is 10.0 Å². The van der Waals surface area contributed by atoms with Gasteiger partial charge >= 0.3 is 0 Å². The number of nitrogens with one attached hydrogen (secondary N) is 2. The van der Waals surface area contributed by atoms with Crippen LogP contribution < -0.4 is 10.0 Å². The lowest BCUT2D eigenvalue weighted by atomic mass is 10.1. The molecule has 7 nitrogen and oxygen atoms in total. The minimum absolute atomic E-state index is 0.0568. The Morgan fingerprint density at radius 2 is 1.53 bits per heavy atom. The molecule has 4 rings (SSSR count). The highest BCUT2D eigenvalue weighted by atomic mass is 32.2. The molecule has 1 heterocycles. The molecule has 1 aromatic heterocycles. The molecule has 0 radical (unpaired) electrons. The van der Waals surface area contributed by atoms with Gasteiger partial charge in [0.2, 0.25) is 0 Å². The van der Waals surface area contributed by atoms with Crippen LogP contribution in [0.1, 0.15) is 27.2 Å². The van der Waals surface area contributed by atoms with Gasteiger partial charge in [-0.15, -0.1) is 0 Å². The zero-order valence-corrected chi connectivity index (χ0v) is 19.5. The normalized spacial score (nSPS) is 11.3. The molecule has 0 spiro atoms. The number of nitrogens with zero attached hydrogens (tertiary/aromatic N) is 1. The summed E-state index contributed by atoms with van der Waals surface area (Å²) in [5.41, 5.74) is 3.58. The first kappa shape index (κ1) is 23.2. The number of hydrogen-bond acceptors (Lipinski definition) is 5. The minimum Gasteiger partial charge on any atom is -0.360 e. The molecule has 174 valence electrons. The van der Waals surface area contributed by atoms with Crippen molar-refractivity contribution in [1.29, 1.82) is 0 Å². The second-order valence-corrected chi connectivity index (χ2v) is 9.50. The lowest BCUT2D eigenvalue weighted by molar-refractivity contribution is 0.102. The fourth-order valence-corrected chi connectivity index (χ4v) is 4.73. The van der Waals surface area contributed by atoms with E-state index < -0.39 is 21.7 Å². The quantitative estimate of drug-likeness (QED) is 0.382. The molecule has 34 heavy (non-hydrogen) atoms. The van der Waals surface area contributed by atoms with E-state index in [1.807, 2.05) is 32.0 Å². The largest absolute Gasteiger partial charge is 0.360 e. The van der Waals surface area contributed by atoms with E-state index in [-0.39, 0.29) is 16.2 Å². The van der Waals surface area contributed by atoms with Crippen LogP contribution in [0.2, 0.25) is 0 Å². The summed E-state index contributed by atoms with van der Waals surface area (Å²) in [7, 11) is -3.82. The van der Waals surface area contributed by atoms with E-state index in [4.69, 9.17) is 4.52 Å². The maximum atomic E-state index is 13.3. The number of amides is 1. The Morgan fingerprint density at radius 1 is 0.912 bits per heavy atom. The highest BCUT2D eigenvalue weighted by Crippen LogP contribution is 2.27. The van der Waals surface area contributed by atoms with Gasteiger partial charge in [-0.05, 0) is 80.4 Å². The van der Waals surface area contributed by atoms with E-state index >= 15 is 0 Å². The van der Waals surface area contributed by atoms with E-state index in [1.54, 1.807) is 6.92 Å². The molecule has 0 saturated heterocycles. The molecule has 2 N–H and O–H groups in total. The number of sulfonamides is 1. The van der Waals surface area contributed by atoms with Gasteiger partial charge in [0.1, 0.15) is 22.8 Å². The van der Waals surface area contributed by atoms with Crippen LogP contribution in [0.5, 0.6) is 0 Å². The summed E-state index contributed by atoms with van der Waals surface area (Å²) in [4.78, 5) is 13.0. The molecule has 9 heteroatoms. The molecule has 0 fully saturated rings. The maximum Gasteiger partial charge on any atom is 0.261 e. The van der Waals surface area contributed by atoms with Crippen molar-refractivity contribution < 1.29 is 22.1 Å². The number of carbonyl (C=O) groups excluding carboxylic acids is 1. The number of benzene rings is 3. The molecule has 0 aliphatic rings. The molecular weight excluding hydrogens is 457 g/mol. The van der Waals surface area contributed by atoms with E-state index in [1.165, 1.54) is 48.5 Å². The number of anilines is 2. The van der Waals surface area contributed by atoms with E-state index in [9.17, 15) is 17.6 Å².